The first kappa shape index (κ1) is 20.7. The lowest BCUT2D eigenvalue weighted by atomic mass is 10.1. The maximum absolute atomic E-state index is 12.6. The molecule has 0 unspecified atom stereocenters. The summed E-state index contributed by atoms with van der Waals surface area (Å²) in [4.78, 5) is 12.6. The second-order valence-corrected chi connectivity index (χ2v) is 7.57. The Kier molecular flexibility index (Phi) is 6.12. The summed E-state index contributed by atoms with van der Waals surface area (Å²) in [6, 6.07) is 16.7. The minimum absolute atomic E-state index is 0.0121. The highest BCUT2D eigenvalue weighted by atomic mass is 35.5. The molecule has 6 heteroatoms. The summed E-state index contributed by atoms with van der Waals surface area (Å²) in [6.07, 6.45) is 1.60. The minimum Gasteiger partial charge on any atom is -0.321 e. The van der Waals surface area contributed by atoms with E-state index in [0.29, 0.717) is 15.7 Å². The molecule has 0 saturated heterocycles. The number of carbonyl (C=O) groups excluding carboxylic acids is 1. The molecule has 0 fully saturated rings. The topological polar surface area (TPSA) is 57.8 Å². The van der Waals surface area contributed by atoms with Gasteiger partial charge in [-0.25, -0.2) is 0 Å². The zero-order valence-corrected chi connectivity index (χ0v) is 17.8. The number of hydrogen-bond donors (Lipinski definition) is 1. The Morgan fingerprint density at radius 1 is 1.07 bits per heavy atom. The van der Waals surface area contributed by atoms with Crippen LogP contribution in [0.15, 0.2) is 54.1 Å². The number of nitrogens with one attached hydrogen (secondary N) is 1. The van der Waals surface area contributed by atoms with Crippen LogP contribution in [-0.2, 0) is 4.79 Å². The van der Waals surface area contributed by atoms with Gasteiger partial charge in [0.15, 0.2) is 0 Å². The van der Waals surface area contributed by atoms with Crippen molar-refractivity contribution in [3.05, 3.63) is 86.7 Å². The fourth-order valence-electron chi connectivity index (χ4n) is 3.09. The van der Waals surface area contributed by atoms with Crippen LogP contribution < -0.4 is 5.32 Å². The Bertz CT molecular complexity index is 1150. The van der Waals surface area contributed by atoms with Gasteiger partial charge in [0.05, 0.1) is 0 Å². The van der Waals surface area contributed by atoms with E-state index in [9.17, 15) is 10.1 Å². The summed E-state index contributed by atoms with van der Waals surface area (Å²) >= 11 is 12.1. The van der Waals surface area contributed by atoms with Crippen molar-refractivity contribution in [2.24, 2.45) is 0 Å². The quantitative estimate of drug-likeness (QED) is 0.397. The maximum Gasteiger partial charge on any atom is 0.266 e. The molecule has 3 rings (SSSR count). The van der Waals surface area contributed by atoms with Gasteiger partial charge in [-0.2, -0.15) is 5.26 Å². The molecule has 1 aromatic heterocycles. The van der Waals surface area contributed by atoms with Crippen molar-refractivity contribution in [2.75, 3.05) is 5.32 Å². The number of nitriles is 1. The van der Waals surface area contributed by atoms with Crippen LogP contribution in [0.25, 0.3) is 11.8 Å². The smallest absolute Gasteiger partial charge is 0.266 e. The molecule has 4 nitrogen and oxygen atoms in total. The van der Waals surface area contributed by atoms with Gasteiger partial charge in [-0.1, -0.05) is 29.3 Å². The molecule has 1 amide bonds. The Morgan fingerprint density at radius 3 is 2.38 bits per heavy atom. The van der Waals surface area contributed by atoms with Crippen molar-refractivity contribution in [3.63, 3.8) is 0 Å². The fraction of sp³-hybridized carbons (Fsp3) is 0.130. The van der Waals surface area contributed by atoms with Crippen LogP contribution >= 0.6 is 23.2 Å². The lowest BCUT2D eigenvalue weighted by Crippen LogP contribution is -2.13. The van der Waals surface area contributed by atoms with E-state index in [2.05, 4.69) is 9.88 Å². The number of amides is 1. The average molecular weight is 424 g/mol. The van der Waals surface area contributed by atoms with Gasteiger partial charge in [-0.15, -0.1) is 0 Å². The highest BCUT2D eigenvalue weighted by Gasteiger charge is 2.14. The van der Waals surface area contributed by atoms with Crippen LogP contribution in [0.3, 0.4) is 0 Å². The number of hydrogen-bond acceptors (Lipinski definition) is 2. The predicted molar refractivity (Wildman–Crippen MR) is 119 cm³/mol. The number of aromatic nitrogens is 1. The first-order valence-corrected chi connectivity index (χ1v) is 9.70. The van der Waals surface area contributed by atoms with Crippen molar-refractivity contribution in [1.29, 1.82) is 5.26 Å². The van der Waals surface area contributed by atoms with E-state index in [4.69, 9.17) is 23.2 Å². The molecule has 0 radical (unpaired) electrons. The molecule has 0 saturated carbocycles. The molecule has 0 aliphatic heterocycles. The van der Waals surface area contributed by atoms with Crippen molar-refractivity contribution >= 4 is 40.9 Å². The molecule has 0 spiro atoms. The highest BCUT2D eigenvalue weighted by molar-refractivity contribution is 6.31. The first-order chi connectivity index (χ1) is 13.8. The molecule has 2 aromatic carbocycles. The van der Waals surface area contributed by atoms with E-state index in [0.717, 1.165) is 28.2 Å². The number of anilines is 1. The molecule has 0 aliphatic carbocycles. The van der Waals surface area contributed by atoms with Gasteiger partial charge in [0.1, 0.15) is 11.6 Å². The normalized spacial score (nSPS) is 11.2. The third kappa shape index (κ3) is 4.54. The summed E-state index contributed by atoms with van der Waals surface area (Å²) < 4.78 is 2.05. The molecule has 0 bridgehead atoms. The Morgan fingerprint density at radius 2 is 1.76 bits per heavy atom. The van der Waals surface area contributed by atoms with E-state index in [-0.39, 0.29) is 5.57 Å². The van der Waals surface area contributed by atoms with E-state index in [1.165, 1.54) is 0 Å². The third-order valence-electron chi connectivity index (χ3n) is 4.65. The lowest BCUT2D eigenvalue weighted by molar-refractivity contribution is -0.112. The largest absolute Gasteiger partial charge is 0.321 e. The third-order valence-corrected chi connectivity index (χ3v) is 5.31. The summed E-state index contributed by atoms with van der Waals surface area (Å²) in [5.41, 5.74) is 5.13. The van der Waals surface area contributed by atoms with Crippen LogP contribution in [0, 0.1) is 32.1 Å². The minimum atomic E-state index is -0.483. The highest BCUT2D eigenvalue weighted by Crippen LogP contribution is 2.25. The van der Waals surface area contributed by atoms with Crippen molar-refractivity contribution in [2.45, 2.75) is 20.8 Å². The van der Waals surface area contributed by atoms with Crippen molar-refractivity contribution in [3.8, 4) is 11.8 Å². The van der Waals surface area contributed by atoms with E-state index in [1.54, 1.807) is 18.2 Å². The SMILES string of the molecule is Cc1ccc(NC(=O)/C(C#N)=C/c2cc(C)n(-c3ccc(Cl)cc3)c2C)cc1Cl. The molecular weight excluding hydrogens is 405 g/mol. The van der Waals surface area contributed by atoms with Crippen LogP contribution in [0.4, 0.5) is 5.69 Å². The molecule has 29 heavy (non-hydrogen) atoms. The second-order valence-electron chi connectivity index (χ2n) is 6.73. The number of rotatable bonds is 4. The van der Waals surface area contributed by atoms with Gasteiger partial charge in [-0.05, 0) is 80.4 Å². The van der Waals surface area contributed by atoms with Crippen LogP contribution in [-0.4, -0.2) is 10.5 Å². The zero-order chi connectivity index (χ0) is 21.1. The molecule has 1 N–H and O–H groups in total. The fourth-order valence-corrected chi connectivity index (χ4v) is 3.40. The summed E-state index contributed by atoms with van der Waals surface area (Å²) in [7, 11) is 0. The average Bonchev–Trinajstić information content (AvgIpc) is 2.96. The van der Waals surface area contributed by atoms with Crippen LogP contribution in [0.1, 0.15) is 22.5 Å². The predicted octanol–water partition coefficient (Wildman–Crippen LogP) is 6.26. The van der Waals surface area contributed by atoms with E-state index >= 15 is 0 Å². The summed E-state index contributed by atoms with van der Waals surface area (Å²) in [5.74, 6) is -0.483. The molecule has 0 aliphatic rings. The molecule has 146 valence electrons. The zero-order valence-electron chi connectivity index (χ0n) is 16.3. The number of carbonyl (C=O) groups is 1. The Hall–Kier alpha value is -3.00. The van der Waals surface area contributed by atoms with Gasteiger partial charge < -0.3 is 9.88 Å². The second kappa shape index (κ2) is 8.57. The monoisotopic (exact) mass is 423 g/mol. The maximum atomic E-state index is 12.6. The number of benzene rings is 2. The van der Waals surface area contributed by atoms with Crippen LogP contribution in [0.2, 0.25) is 10.0 Å². The van der Waals surface area contributed by atoms with Gasteiger partial charge >= 0.3 is 0 Å². The van der Waals surface area contributed by atoms with Gasteiger partial charge in [0.2, 0.25) is 0 Å². The van der Waals surface area contributed by atoms with E-state index in [1.807, 2.05) is 63.2 Å². The van der Waals surface area contributed by atoms with Crippen molar-refractivity contribution < 1.29 is 4.79 Å². The van der Waals surface area contributed by atoms with E-state index < -0.39 is 5.91 Å². The first-order valence-electron chi connectivity index (χ1n) is 8.94. The summed E-state index contributed by atoms with van der Waals surface area (Å²) in [5, 5.41) is 13.5. The van der Waals surface area contributed by atoms with Gasteiger partial charge in [0.25, 0.3) is 5.91 Å². The van der Waals surface area contributed by atoms with Crippen LogP contribution in [0.5, 0.6) is 0 Å². The van der Waals surface area contributed by atoms with Gasteiger partial charge in [0, 0.05) is 32.8 Å². The lowest BCUT2D eigenvalue weighted by Gasteiger charge is -2.10. The Balaban J connectivity index is 1.92. The standard InChI is InChI=1S/C23H19Cl2N3O/c1-14-4-7-20(12-22(14)25)27-23(29)18(13-26)11-17-10-15(2)28(16(17)3)21-8-5-19(24)6-9-21/h4-12H,1-3H3,(H,27,29)/b18-11+. The molecule has 3 aromatic rings. The number of aryl methyl sites for hydroxylation is 2. The summed E-state index contributed by atoms with van der Waals surface area (Å²) in [6.45, 7) is 5.80. The molecular formula is C23H19Cl2N3O. The molecule has 1 heterocycles. The Labute approximate surface area is 180 Å². The van der Waals surface area contributed by atoms with Crippen molar-refractivity contribution in [1.82, 2.24) is 4.57 Å². The number of nitrogens with zero attached hydrogens (tertiary/aromatic N) is 2. The number of halogens is 2. The van der Waals surface area contributed by atoms with Gasteiger partial charge in [-0.3, -0.25) is 4.79 Å². The molecule has 0 atom stereocenters.